The molecule has 2 nitrogen and oxygen atoms in total. The summed E-state index contributed by atoms with van der Waals surface area (Å²) in [5, 5.41) is 9.82. The molecule has 1 saturated heterocycles. The molecule has 1 unspecified atom stereocenters. The molecule has 1 fully saturated rings. The predicted octanol–water partition coefficient (Wildman–Crippen LogP) is 3.60. The third kappa shape index (κ3) is 3.42. The first-order valence-corrected chi connectivity index (χ1v) is 7.75. The summed E-state index contributed by atoms with van der Waals surface area (Å²) in [6.07, 6.45) is 0.285. The van der Waals surface area contributed by atoms with Gasteiger partial charge in [0.2, 0.25) is 0 Å². The second kappa shape index (κ2) is 5.71. The van der Waals surface area contributed by atoms with Gasteiger partial charge in [-0.05, 0) is 25.5 Å². The van der Waals surface area contributed by atoms with Crippen molar-refractivity contribution in [2.45, 2.75) is 38.0 Å². The number of hydrogen-bond acceptors (Lipinski definition) is 3. The lowest BCUT2D eigenvalue weighted by Gasteiger charge is -2.27. The van der Waals surface area contributed by atoms with E-state index in [-0.39, 0.29) is 10.6 Å². The maximum Gasteiger partial charge on any atom is 0.131 e. The van der Waals surface area contributed by atoms with Crippen molar-refractivity contribution in [2.24, 2.45) is 0 Å². The second-order valence-electron chi connectivity index (χ2n) is 5.69. The summed E-state index contributed by atoms with van der Waals surface area (Å²) in [7, 11) is 0. The molecule has 1 aromatic rings. The average Bonchev–Trinajstić information content (AvgIpc) is 2.49. The second-order valence-corrected chi connectivity index (χ2v) is 7.50. The summed E-state index contributed by atoms with van der Waals surface area (Å²) in [6.45, 7) is 7.93. The van der Waals surface area contributed by atoms with Gasteiger partial charge in [-0.1, -0.05) is 19.9 Å². The van der Waals surface area contributed by atoms with Gasteiger partial charge in [0.25, 0.3) is 0 Å². The SMILES string of the molecule is CC(O)c1c(F)cccc1N1CCSC(C)(C)CC1. The summed E-state index contributed by atoms with van der Waals surface area (Å²) in [5.41, 5.74) is 1.26. The fraction of sp³-hybridized carbons (Fsp3) is 0.600. The van der Waals surface area contributed by atoms with Crippen LogP contribution >= 0.6 is 11.8 Å². The van der Waals surface area contributed by atoms with Gasteiger partial charge in [-0.3, -0.25) is 0 Å². The largest absolute Gasteiger partial charge is 0.389 e. The molecule has 0 bridgehead atoms. The number of halogens is 1. The molecule has 106 valence electrons. The maximum absolute atomic E-state index is 13.9. The molecule has 1 aromatic carbocycles. The Morgan fingerprint density at radius 2 is 2.11 bits per heavy atom. The molecule has 1 atom stereocenters. The smallest absolute Gasteiger partial charge is 0.131 e. The topological polar surface area (TPSA) is 23.5 Å². The molecule has 1 aliphatic heterocycles. The van der Waals surface area contributed by atoms with Gasteiger partial charge in [-0.15, -0.1) is 0 Å². The molecule has 0 amide bonds. The number of benzene rings is 1. The van der Waals surface area contributed by atoms with E-state index in [2.05, 4.69) is 18.7 Å². The third-order valence-corrected chi connectivity index (χ3v) is 5.00. The van der Waals surface area contributed by atoms with E-state index in [4.69, 9.17) is 0 Å². The van der Waals surface area contributed by atoms with Gasteiger partial charge in [-0.2, -0.15) is 11.8 Å². The highest BCUT2D eigenvalue weighted by Crippen LogP contribution is 2.35. The van der Waals surface area contributed by atoms with Gasteiger partial charge >= 0.3 is 0 Å². The van der Waals surface area contributed by atoms with E-state index in [0.717, 1.165) is 31.0 Å². The highest BCUT2D eigenvalue weighted by molar-refractivity contribution is 8.00. The molecule has 1 heterocycles. The van der Waals surface area contributed by atoms with Crippen molar-refractivity contribution in [1.82, 2.24) is 0 Å². The lowest BCUT2D eigenvalue weighted by molar-refractivity contribution is 0.194. The van der Waals surface area contributed by atoms with Crippen molar-refractivity contribution < 1.29 is 9.50 Å². The van der Waals surface area contributed by atoms with Gasteiger partial charge < -0.3 is 10.0 Å². The summed E-state index contributed by atoms with van der Waals surface area (Å²) >= 11 is 1.96. The van der Waals surface area contributed by atoms with Crippen molar-refractivity contribution >= 4 is 17.4 Å². The normalized spacial score (nSPS) is 21.0. The van der Waals surface area contributed by atoms with Crippen molar-refractivity contribution in [3.63, 3.8) is 0 Å². The summed E-state index contributed by atoms with van der Waals surface area (Å²) in [6, 6.07) is 5.05. The monoisotopic (exact) mass is 283 g/mol. The zero-order valence-corrected chi connectivity index (χ0v) is 12.6. The van der Waals surface area contributed by atoms with Crippen molar-refractivity contribution in [3.05, 3.63) is 29.6 Å². The van der Waals surface area contributed by atoms with Crippen LogP contribution in [0, 0.1) is 5.82 Å². The lowest BCUT2D eigenvalue weighted by Crippen LogP contribution is -2.28. The molecular weight excluding hydrogens is 261 g/mol. The lowest BCUT2D eigenvalue weighted by atomic mass is 10.0. The van der Waals surface area contributed by atoms with E-state index in [1.165, 1.54) is 6.07 Å². The average molecular weight is 283 g/mol. The van der Waals surface area contributed by atoms with Crippen LogP contribution < -0.4 is 4.90 Å². The zero-order chi connectivity index (χ0) is 14.0. The molecule has 1 N–H and O–H groups in total. The van der Waals surface area contributed by atoms with Crippen LogP contribution in [-0.2, 0) is 0 Å². The van der Waals surface area contributed by atoms with Gasteiger partial charge in [-0.25, -0.2) is 4.39 Å². The molecular formula is C15H22FNOS. The van der Waals surface area contributed by atoms with Crippen LogP contribution in [0.5, 0.6) is 0 Å². The van der Waals surface area contributed by atoms with Crippen LogP contribution in [0.3, 0.4) is 0 Å². The molecule has 1 aliphatic rings. The number of aliphatic hydroxyl groups excluding tert-OH is 1. The van der Waals surface area contributed by atoms with Crippen molar-refractivity contribution in [3.8, 4) is 0 Å². The summed E-state index contributed by atoms with van der Waals surface area (Å²) in [4.78, 5) is 2.20. The molecule has 4 heteroatoms. The van der Waals surface area contributed by atoms with E-state index < -0.39 is 6.10 Å². The van der Waals surface area contributed by atoms with Crippen LogP contribution in [0.25, 0.3) is 0 Å². The van der Waals surface area contributed by atoms with Gasteiger partial charge in [0.05, 0.1) is 6.10 Å². The maximum atomic E-state index is 13.9. The highest BCUT2D eigenvalue weighted by atomic mass is 32.2. The van der Waals surface area contributed by atoms with Gasteiger partial charge in [0.15, 0.2) is 0 Å². The molecule has 0 radical (unpaired) electrons. The minimum atomic E-state index is -0.778. The van der Waals surface area contributed by atoms with Crippen molar-refractivity contribution in [2.75, 3.05) is 23.7 Å². The number of nitrogens with zero attached hydrogens (tertiary/aromatic N) is 1. The molecule has 0 aromatic heterocycles. The van der Waals surface area contributed by atoms with Crippen LogP contribution in [0.1, 0.15) is 38.9 Å². The van der Waals surface area contributed by atoms with Crippen molar-refractivity contribution in [1.29, 1.82) is 0 Å². The van der Waals surface area contributed by atoms with E-state index in [1.54, 1.807) is 13.0 Å². The zero-order valence-electron chi connectivity index (χ0n) is 11.8. The molecule has 2 rings (SSSR count). The first-order valence-electron chi connectivity index (χ1n) is 6.76. The first kappa shape index (κ1) is 14.7. The minimum Gasteiger partial charge on any atom is -0.389 e. The van der Waals surface area contributed by atoms with Gasteiger partial charge in [0, 0.05) is 34.8 Å². The summed E-state index contributed by atoms with van der Waals surface area (Å²) < 4.78 is 14.2. The minimum absolute atomic E-state index is 0.271. The quantitative estimate of drug-likeness (QED) is 0.897. The van der Waals surface area contributed by atoms with E-state index in [9.17, 15) is 9.50 Å². The Hall–Kier alpha value is -0.740. The number of thioether (sulfide) groups is 1. The van der Waals surface area contributed by atoms with Crippen LogP contribution in [-0.4, -0.2) is 28.7 Å². The standard InChI is InChI=1S/C15H22FNOS/c1-11(18)14-12(16)5-4-6-13(14)17-8-7-15(2,3)19-10-9-17/h4-6,11,18H,7-10H2,1-3H3. The Morgan fingerprint density at radius 3 is 2.79 bits per heavy atom. The fourth-order valence-electron chi connectivity index (χ4n) is 2.48. The molecule has 19 heavy (non-hydrogen) atoms. The predicted molar refractivity (Wildman–Crippen MR) is 80.4 cm³/mol. The first-order chi connectivity index (χ1) is 8.91. The van der Waals surface area contributed by atoms with Gasteiger partial charge in [0.1, 0.15) is 5.82 Å². The van der Waals surface area contributed by atoms with Crippen LogP contribution in [0.2, 0.25) is 0 Å². The Balaban J connectivity index is 2.29. The summed E-state index contributed by atoms with van der Waals surface area (Å²) in [5.74, 6) is 0.714. The number of hydrogen-bond donors (Lipinski definition) is 1. The highest BCUT2D eigenvalue weighted by Gasteiger charge is 2.26. The Bertz CT molecular complexity index is 448. The Morgan fingerprint density at radius 1 is 1.37 bits per heavy atom. The van der Waals surface area contributed by atoms with E-state index in [1.807, 2.05) is 17.8 Å². The molecule has 0 saturated carbocycles. The van der Waals surface area contributed by atoms with Crippen LogP contribution in [0.4, 0.5) is 10.1 Å². The van der Waals surface area contributed by atoms with E-state index in [0.29, 0.717) is 5.56 Å². The van der Waals surface area contributed by atoms with Crippen LogP contribution in [0.15, 0.2) is 18.2 Å². The fourth-order valence-corrected chi connectivity index (χ4v) is 3.58. The number of anilines is 1. The third-order valence-electron chi connectivity index (χ3n) is 3.63. The Labute approximate surface area is 119 Å². The molecule has 0 aliphatic carbocycles. The molecule has 0 spiro atoms. The Kier molecular flexibility index (Phi) is 4.41. The van der Waals surface area contributed by atoms with E-state index >= 15 is 0 Å². The number of aliphatic hydroxyl groups is 1. The number of rotatable bonds is 2.